The molecule has 0 radical (unpaired) electrons. The van der Waals surface area contributed by atoms with E-state index in [1.54, 1.807) is 0 Å². The van der Waals surface area contributed by atoms with Crippen LogP contribution < -0.4 is 5.32 Å². The van der Waals surface area contributed by atoms with Crippen molar-refractivity contribution in [3.8, 4) is 0 Å². The number of hydrogen-bond acceptors (Lipinski definition) is 2. The predicted molar refractivity (Wildman–Crippen MR) is 79.6 cm³/mol. The Hall–Kier alpha value is 0.140. The van der Waals surface area contributed by atoms with E-state index >= 15 is 0 Å². The van der Waals surface area contributed by atoms with Crippen LogP contribution in [-0.4, -0.2) is 6.04 Å². The highest BCUT2D eigenvalue weighted by Gasteiger charge is 2.22. The Kier molecular flexibility index (Phi) is 5.07. The van der Waals surface area contributed by atoms with Gasteiger partial charge in [-0.1, -0.05) is 26.2 Å². The quantitative estimate of drug-likeness (QED) is 0.762. The third-order valence-corrected chi connectivity index (χ3v) is 5.72. The van der Waals surface area contributed by atoms with Crippen LogP contribution in [0.3, 0.4) is 0 Å². The summed E-state index contributed by atoms with van der Waals surface area (Å²) in [6, 6.07) is 3.43. The Balaban J connectivity index is 1.94. The van der Waals surface area contributed by atoms with E-state index in [0.29, 0.717) is 12.1 Å². The predicted octanol–water partition coefficient (Wildman–Crippen LogP) is 5.13. The molecular weight excluding hydrogens is 294 g/mol. The SMILES string of the molecule is CC(NC1CCCCCC1C)c1cc(Br)cs1. The molecule has 1 saturated carbocycles. The smallest absolute Gasteiger partial charge is 0.0388 e. The molecule has 0 spiro atoms. The minimum absolute atomic E-state index is 0.483. The summed E-state index contributed by atoms with van der Waals surface area (Å²) >= 11 is 5.38. The monoisotopic (exact) mass is 315 g/mol. The van der Waals surface area contributed by atoms with Crippen molar-refractivity contribution in [3.63, 3.8) is 0 Å². The van der Waals surface area contributed by atoms with E-state index in [0.717, 1.165) is 5.92 Å². The molecule has 1 aromatic rings. The van der Waals surface area contributed by atoms with Crippen molar-refractivity contribution in [3.05, 3.63) is 20.8 Å². The minimum Gasteiger partial charge on any atom is -0.306 e. The molecule has 1 aliphatic carbocycles. The van der Waals surface area contributed by atoms with Crippen LogP contribution in [0, 0.1) is 5.92 Å². The molecule has 17 heavy (non-hydrogen) atoms. The second-order valence-electron chi connectivity index (χ2n) is 5.28. The fourth-order valence-corrected chi connectivity index (χ4v) is 4.16. The zero-order valence-corrected chi connectivity index (χ0v) is 13.1. The summed E-state index contributed by atoms with van der Waals surface area (Å²) in [5, 5.41) is 6.00. The van der Waals surface area contributed by atoms with Crippen LogP contribution in [0.15, 0.2) is 15.9 Å². The molecule has 0 amide bonds. The third-order valence-electron chi connectivity index (χ3n) is 3.84. The Labute approximate surface area is 117 Å². The molecule has 1 N–H and O–H groups in total. The molecule has 3 heteroatoms. The van der Waals surface area contributed by atoms with E-state index in [1.165, 1.54) is 41.5 Å². The first-order valence-electron chi connectivity index (χ1n) is 6.67. The molecule has 0 saturated heterocycles. The summed E-state index contributed by atoms with van der Waals surface area (Å²) in [6.07, 6.45) is 6.96. The lowest BCUT2D eigenvalue weighted by Crippen LogP contribution is -2.35. The van der Waals surface area contributed by atoms with Gasteiger partial charge in [0.1, 0.15) is 0 Å². The zero-order chi connectivity index (χ0) is 12.3. The standard InChI is InChI=1S/C14H22BrNS/c1-10-6-4-3-5-7-13(10)16-11(2)14-8-12(15)9-17-14/h8-11,13,16H,3-7H2,1-2H3. The summed E-state index contributed by atoms with van der Waals surface area (Å²) in [6.45, 7) is 4.69. The molecule has 1 fully saturated rings. The second kappa shape index (κ2) is 6.35. The highest BCUT2D eigenvalue weighted by molar-refractivity contribution is 9.10. The van der Waals surface area contributed by atoms with Gasteiger partial charge in [0, 0.05) is 26.8 Å². The molecule has 1 aromatic heterocycles. The summed E-state index contributed by atoms with van der Waals surface area (Å²) in [5.74, 6) is 0.823. The van der Waals surface area contributed by atoms with E-state index in [1.807, 2.05) is 11.3 Å². The molecule has 2 rings (SSSR count). The Morgan fingerprint density at radius 2 is 2.12 bits per heavy atom. The zero-order valence-electron chi connectivity index (χ0n) is 10.7. The summed E-state index contributed by atoms with van der Waals surface area (Å²) in [4.78, 5) is 1.44. The fourth-order valence-electron chi connectivity index (χ4n) is 2.70. The van der Waals surface area contributed by atoms with Crippen molar-refractivity contribution < 1.29 is 0 Å². The number of thiophene rings is 1. The topological polar surface area (TPSA) is 12.0 Å². The molecule has 1 heterocycles. The summed E-state index contributed by atoms with van der Waals surface area (Å²) < 4.78 is 1.21. The lowest BCUT2D eigenvalue weighted by atomic mass is 9.96. The first-order chi connectivity index (χ1) is 8.16. The van der Waals surface area contributed by atoms with Crippen LogP contribution in [0.1, 0.15) is 56.9 Å². The maximum atomic E-state index is 3.83. The average Bonchev–Trinajstić information content (AvgIpc) is 2.63. The van der Waals surface area contributed by atoms with Crippen LogP contribution in [0.5, 0.6) is 0 Å². The van der Waals surface area contributed by atoms with Crippen molar-refractivity contribution in [2.24, 2.45) is 5.92 Å². The molecule has 0 aliphatic heterocycles. The van der Waals surface area contributed by atoms with Crippen LogP contribution in [-0.2, 0) is 0 Å². The number of rotatable bonds is 3. The molecule has 1 nitrogen and oxygen atoms in total. The Morgan fingerprint density at radius 3 is 2.82 bits per heavy atom. The van der Waals surface area contributed by atoms with Crippen molar-refractivity contribution in [1.82, 2.24) is 5.32 Å². The highest BCUT2D eigenvalue weighted by Crippen LogP contribution is 2.29. The van der Waals surface area contributed by atoms with Gasteiger partial charge in [0.2, 0.25) is 0 Å². The van der Waals surface area contributed by atoms with Crippen LogP contribution in [0.25, 0.3) is 0 Å². The Morgan fingerprint density at radius 1 is 1.35 bits per heavy atom. The molecular formula is C14H22BrNS. The van der Waals surface area contributed by atoms with Gasteiger partial charge in [0.15, 0.2) is 0 Å². The normalized spacial score (nSPS) is 27.7. The third kappa shape index (κ3) is 3.80. The first kappa shape index (κ1) is 13.6. The molecule has 3 unspecified atom stereocenters. The van der Waals surface area contributed by atoms with Gasteiger partial charge in [-0.15, -0.1) is 11.3 Å². The molecule has 1 aliphatic rings. The van der Waals surface area contributed by atoms with E-state index in [2.05, 4.69) is 46.5 Å². The van der Waals surface area contributed by atoms with Crippen molar-refractivity contribution in [2.45, 2.75) is 58.0 Å². The van der Waals surface area contributed by atoms with Crippen molar-refractivity contribution >= 4 is 27.3 Å². The van der Waals surface area contributed by atoms with E-state index < -0.39 is 0 Å². The van der Waals surface area contributed by atoms with Gasteiger partial charge in [-0.3, -0.25) is 0 Å². The van der Waals surface area contributed by atoms with Gasteiger partial charge in [-0.05, 0) is 47.7 Å². The maximum absolute atomic E-state index is 3.83. The minimum atomic E-state index is 0.483. The van der Waals surface area contributed by atoms with Gasteiger partial charge >= 0.3 is 0 Å². The average molecular weight is 316 g/mol. The summed E-state index contributed by atoms with van der Waals surface area (Å²) in [5.41, 5.74) is 0. The largest absolute Gasteiger partial charge is 0.306 e. The molecule has 3 atom stereocenters. The van der Waals surface area contributed by atoms with Gasteiger partial charge < -0.3 is 5.32 Å². The van der Waals surface area contributed by atoms with E-state index in [9.17, 15) is 0 Å². The van der Waals surface area contributed by atoms with Crippen LogP contribution in [0.2, 0.25) is 0 Å². The highest BCUT2D eigenvalue weighted by atomic mass is 79.9. The van der Waals surface area contributed by atoms with Gasteiger partial charge in [0.05, 0.1) is 0 Å². The van der Waals surface area contributed by atoms with Crippen LogP contribution >= 0.6 is 27.3 Å². The lowest BCUT2D eigenvalue weighted by Gasteiger charge is -2.26. The van der Waals surface area contributed by atoms with Gasteiger partial charge in [-0.2, -0.15) is 0 Å². The van der Waals surface area contributed by atoms with Gasteiger partial charge in [-0.25, -0.2) is 0 Å². The van der Waals surface area contributed by atoms with E-state index in [4.69, 9.17) is 0 Å². The molecule has 0 aromatic carbocycles. The molecule has 0 bridgehead atoms. The fraction of sp³-hybridized carbons (Fsp3) is 0.714. The first-order valence-corrected chi connectivity index (χ1v) is 8.34. The van der Waals surface area contributed by atoms with Gasteiger partial charge in [0.25, 0.3) is 0 Å². The maximum Gasteiger partial charge on any atom is 0.0388 e. The number of hydrogen-bond donors (Lipinski definition) is 1. The van der Waals surface area contributed by atoms with Crippen molar-refractivity contribution in [1.29, 1.82) is 0 Å². The van der Waals surface area contributed by atoms with Crippen molar-refractivity contribution in [2.75, 3.05) is 0 Å². The van der Waals surface area contributed by atoms with E-state index in [-0.39, 0.29) is 0 Å². The number of halogens is 1. The Bertz CT molecular complexity index is 350. The number of nitrogens with one attached hydrogen (secondary N) is 1. The lowest BCUT2D eigenvalue weighted by molar-refractivity contribution is 0.332. The summed E-state index contributed by atoms with van der Waals surface area (Å²) in [7, 11) is 0. The van der Waals surface area contributed by atoms with Crippen LogP contribution in [0.4, 0.5) is 0 Å². The molecule has 96 valence electrons. The second-order valence-corrected chi connectivity index (χ2v) is 7.14.